The molecule has 2 rings (SSSR count). The molecule has 1 aliphatic rings. The van der Waals surface area contributed by atoms with Crippen LogP contribution in [0.1, 0.15) is 63.7 Å². The van der Waals surface area contributed by atoms with Crippen LogP contribution < -0.4 is 21.3 Å². The maximum Gasteiger partial charge on any atom is 0.407 e. The van der Waals surface area contributed by atoms with Crippen LogP contribution in [-0.2, 0) is 19.1 Å². The smallest absolute Gasteiger partial charge is 0.407 e. The molecule has 1 aromatic rings. The Balaban J connectivity index is 2.30. The number of amides is 4. The van der Waals surface area contributed by atoms with E-state index < -0.39 is 65.9 Å². The first kappa shape index (κ1) is 30.9. The van der Waals surface area contributed by atoms with Crippen LogP contribution in [0, 0.1) is 5.41 Å². The lowest BCUT2D eigenvalue weighted by atomic mass is 9.86. The van der Waals surface area contributed by atoms with Gasteiger partial charge in [-0.25, -0.2) is 13.6 Å². The Morgan fingerprint density at radius 1 is 1.08 bits per heavy atom. The number of rotatable bonds is 11. The first-order chi connectivity index (χ1) is 17.5. The number of carbonyl (C=O) groups excluding carboxylic acids is 5. The number of methoxy groups -OCH3 is 1. The van der Waals surface area contributed by atoms with Gasteiger partial charge in [0, 0.05) is 17.5 Å². The minimum Gasteiger partial charge on any atom is -0.453 e. The number of ketones is 1. The van der Waals surface area contributed by atoms with Gasteiger partial charge in [0.2, 0.25) is 17.6 Å². The highest BCUT2D eigenvalue weighted by Gasteiger charge is 2.36. The molecular weight excluding hydrogens is 526 g/mol. The highest BCUT2D eigenvalue weighted by Crippen LogP contribution is 2.26. The number of hydrogen-bond acceptors (Lipinski definition) is 6. The number of ether oxygens (including phenoxy) is 1. The van der Waals surface area contributed by atoms with Crippen LogP contribution in [0.25, 0.3) is 0 Å². The lowest BCUT2D eigenvalue weighted by Crippen LogP contribution is -2.51. The van der Waals surface area contributed by atoms with Crippen molar-refractivity contribution in [1.82, 2.24) is 16.0 Å². The number of carbonyl (C=O) groups is 5. The molecule has 1 aromatic carbocycles. The Morgan fingerprint density at radius 2 is 1.71 bits per heavy atom. The molecular formula is C25H33ClF2N4O6. The molecule has 10 nitrogen and oxygen atoms in total. The van der Waals surface area contributed by atoms with Gasteiger partial charge < -0.3 is 26.0 Å². The van der Waals surface area contributed by atoms with Gasteiger partial charge in [-0.2, -0.15) is 0 Å². The zero-order chi connectivity index (χ0) is 28.8. The molecule has 4 N–H and O–H groups in total. The summed E-state index contributed by atoms with van der Waals surface area (Å²) in [5.74, 6) is -6.77. The van der Waals surface area contributed by atoms with E-state index in [9.17, 15) is 32.8 Å². The monoisotopic (exact) mass is 558 g/mol. The SMILES string of the molecule is COC(=O)N[C@H](C(=O)Nc1ccc(Cl)cc1C(=O)N[C@@H](CCC(C)(F)F)C(=O)C(=O)NC1CC1)C(C)(C)C. The normalized spacial score (nSPS) is 15.1. The number of alkyl halides is 2. The second-order valence-corrected chi connectivity index (χ2v) is 10.8. The predicted octanol–water partition coefficient (Wildman–Crippen LogP) is 3.43. The van der Waals surface area contributed by atoms with Crippen LogP contribution in [0.15, 0.2) is 18.2 Å². The number of Topliss-reactive ketones (excluding diaryl/α,β-unsaturated/α-hetero) is 1. The predicted molar refractivity (Wildman–Crippen MR) is 136 cm³/mol. The lowest BCUT2D eigenvalue weighted by Gasteiger charge is -2.30. The number of alkyl carbamates (subject to hydrolysis) is 1. The van der Waals surface area contributed by atoms with E-state index in [4.69, 9.17) is 11.6 Å². The number of hydrogen-bond donors (Lipinski definition) is 4. The highest BCUT2D eigenvalue weighted by atomic mass is 35.5. The molecule has 1 saturated carbocycles. The standard InChI is InChI=1S/C25H33ClF2N4O6/c1-24(2,3)19(32-23(37)38-5)22(36)30-16-9-6-13(26)12-15(16)20(34)31-17(10-11-25(4,27)28)18(33)21(35)29-14-7-8-14/h6,9,12,14,17,19H,7-8,10-11H2,1-5H3,(H,29,35)(H,30,36)(H,31,34)(H,32,37)/t17-,19+/m0/s1. The molecule has 2 atom stereocenters. The van der Waals surface area contributed by atoms with Gasteiger partial charge in [-0.05, 0) is 49.8 Å². The Kier molecular flexibility index (Phi) is 10.2. The topological polar surface area (TPSA) is 143 Å². The zero-order valence-electron chi connectivity index (χ0n) is 21.9. The molecule has 1 aliphatic carbocycles. The molecule has 0 aromatic heterocycles. The minimum absolute atomic E-state index is 0.0210. The maximum absolute atomic E-state index is 13.5. The molecule has 0 radical (unpaired) electrons. The third-order valence-electron chi connectivity index (χ3n) is 5.69. The van der Waals surface area contributed by atoms with Crippen molar-refractivity contribution in [1.29, 1.82) is 0 Å². The fourth-order valence-corrected chi connectivity index (χ4v) is 3.59. The van der Waals surface area contributed by atoms with Crippen LogP contribution in [0.5, 0.6) is 0 Å². The summed E-state index contributed by atoms with van der Waals surface area (Å²) >= 11 is 6.06. The maximum atomic E-state index is 13.5. The summed E-state index contributed by atoms with van der Waals surface area (Å²) in [5, 5.41) is 9.94. The largest absolute Gasteiger partial charge is 0.453 e. The van der Waals surface area contributed by atoms with Gasteiger partial charge in [-0.15, -0.1) is 0 Å². The van der Waals surface area contributed by atoms with Gasteiger partial charge in [0.1, 0.15) is 6.04 Å². The van der Waals surface area contributed by atoms with Crippen LogP contribution in [0.4, 0.5) is 19.3 Å². The average Bonchev–Trinajstić information content (AvgIpc) is 3.62. The van der Waals surface area contributed by atoms with E-state index in [0.717, 1.165) is 7.11 Å². The minimum atomic E-state index is -3.14. The van der Waals surface area contributed by atoms with E-state index in [1.54, 1.807) is 20.8 Å². The molecule has 0 bridgehead atoms. The summed E-state index contributed by atoms with van der Waals surface area (Å²) in [4.78, 5) is 63.1. The van der Waals surface area contributed by atoms with Gasteiger partial charge in [-0.1, -0.05) is 32.4 Å². The summed E-state index contributed by atoms with van der Waals surface area (Å²) in [6, 6.07) is 1.18. The Labute approximate surface area is 224 Å². The van der Waals surface area contributed by atoms with E-state index in [-0.39, 0.29) is 22.3 Å². The van der Waals surface area contributed by atoms with Gasteiger partial charge in [-0.3, -0.25) is 19.2 Å². The molecule has 210 valence electrons. The van der Waals surface area contributed by atoms with E-state index in [1.807, 2.05) is 0 Å². The van der Waals surface area contributed by atoms with E-state index in [1.165, 1.54) is 18.2 Å². The second kappa shape index (κ2) is 12.5. The molecule has 13 heteroatoms. The van der Waals surface area contributed by atoms with Crippen LogP contribution in [0.3, 0.4) is 0 Å². The third-order valence-corrected chi connectivity index (χ3v) is 5.93. The summed E-state index contributed by atoms with van der Waals surface area (Å²) in [6.07, 6.45) is -0.688. The first-order valence-electron chi connectivity index (χ1n) is 12.0. The number of benzene rings is 1. The van der Waals surface area contributed by atoms with E-state index in [0.29, 0.717) is 19.8 Å². The summed E-state index contributed by atoms with van der Waals surface area (Å²) < 4.78 is 31.7. The number of nitrogens with one attached hydrogen (secondary N) is 4. The lowest BCUT2D eigenvalue weighted by molar-refractivity contribution is -0.139. The Bertz CT molecular complexity index is 1080. The third kappa shape index (κ3) is 9.55. The van der Waals surface area contributed by atoms with Crippen molar-refractivity contribution in [2.45, 2.75) is 77.4 Å². The van der Waals surface area contributed by atoms with Crippen molar-refractivity contribution in [3.63, 3.8) is 0 Å². The van der Waals surface area contributed by atoms with E-state index >= 15 is 0 Å². The molecule has 0 spiro atoms. The van der Waals surface area contributed by atoms with Crippen LogP contribution in [0.2, 0.25) is 5.02 Å². The van der Waals surface area contributed by atoms with Gasteiger partial charge >= 0.3 is 6.09 Å². The quantitative estimate of drug-likeness (QED) is 0.306. The average molecular weight is 559 g/mol. The molecule has 0 saturated heterocycles. The van der Waals surface area contributed by atoms with Gasteiger partial charge in [0.15, 0.2) is 0 Å². The summed E-state index contributed by atoms with van der Waals surface area (Å²) in [5.41, 5.74) is -0.960. The van der Waals surface area contributed by atoms with Crippen LogP contribution >= 0.6 is 11.6 Å². The van der Waals surface area contributed by atoms with Crippen molar-refractivity contribution >= 4 is 46.9 Å². The van der Waals surface area contributed by atoms with E-state index in [2.05, 4.69) is 26.0 Å². The van der Waals surface area contributed by atoms with Crippen LogP contribution in [-0.4, -0.2) is 60.8 Å². The molecule has 38 heavy (non-hydrogen) atoms. The van der Waals surface area contributed by atoms with Crippen molar-refractivity contribution in [3.8, 4) is 0 Å². The Morgan fingerprint density at radius 3 is 2.24 bits per heavy atom. The fraction of sp³-hybridized carbons (Fsp3) is 0.560. The van der Waals surface area contributed by atoms with Gasteiger partial charge in [0.25, 0.3) is 11.8 Å². The fourth-order valence-electron chi connectivity index (χ4n) is 3.42. The van der Waals surface area contributed by atoms with Crippen molar-refractivity contribution < 1.29 is 37.5 Å². The molecule has 0 unspecified atom stereocenters. The first-order valence-corrected chi connectivity index (χ1v) is 12.4. The molecule has 1 fully saturated rings. The number of anilines is 1. The molecule has 4 amide bonds. The summed E-state index contributed by atoms with van der Waals surface area (Å²) in [6.45, 7) is 5.78. The summed E-state index contributed by atoms with van der Waals surface area (Å²) in [7, 11) is 1.14. The highest BCUT2D eigenvalue weighted by molar-refractivity contribution is 6.38. The molecule has 0 aliphatic heterocycles. The van der Waals surface area contributed by atoms with Gasteiger partial charge in [0.05, 0.1) is 24.4 Å². The number of halogens is 3. The molecule has 0 heterocycles. The van der Waals surface area contributed by atoms with Crippen molar-refractivity contribution in [2.24, 2.45) is 5.41 Å². The van der Waals surface area contributed by atoms with Crippen molar-refractivity contribution in [2.75, 3.05) is 12.4 Å². The Hall–Kier alpha value is -3.28. The zero-order valence-corrected chi connectivity index (χ0v) is 22.6. The second-order valence-electron chi connectivity index (χ2n) is 10.4. The van der Waals surface area contributed by atoms with Crippen molar-refractivity contribution in [3.05, 3.63) is 28.8 Å².